The van der Waals surface area contributed by atoms with Gasteiger partial charge in [-0.25, -0.2) is 0 Å². The number of ether oxygens (including phenoxy) is 1. The van der Waals surface area contributed by atoms with Crippen molar-refractivity contribution in [2.75, 3.05) is 19.7 Å². The molecule has 20 heavy (non-hydrogen) atoms. The third-order valence-corrected chi connectivity index (χ3v) is 4.83. The Bertz CT molecular complexity index is 478. The second-order valence-electron chi connectivity index (χ2n) is 6.25. The highest BCUT2D eigenvalue weighted by Gasteiger charge is 2.34. The summed E-state index contributed by atoms with van der Waals surface area (Å²) < 4.78 is 5.93. The van der Waals surface area contributed by atoms with Crippen LogP contribution in [0.15, 0.2) is 12.1 Å². The topological polar surface area (TPSA) is 32.7 Å². The molecule has 0 aromatic heterocycles. The third-order valence-electron chi connectivity index (χ3n) is 4.83. The second-order valence-corrected chi connectivity index (χ2v) is 6.25. The molecule has 2 aliphatic rings. The van der Waals surface area contributed by atoms with Crippen LogP contribution in [-0.2, 0) is 0 Å². The summed E-state index contributed by atoms with van der Waals surface area (Å²) in [6.45, 7) is 6.97. The summed E-state index contributed by atoms with van der Waals surface area (Å²) >= 11 is 0. The molecule has 0 spiro atoms. The summed E-state index contributed by atoms with van der Waals surface area (Å²) in [7, 11) is 0. The Labute approximate surface area is 121 Å². The fourth-order valence-corrected chi connectivity index (χ4v) is 3.37. The molecular formula is C17H25NO2. The first-order valence-corrected chi connectivity index (χ1v) is 7.83. The second kappa shape index (κ2) is 5.74. The highest BCUT2D eigenvalue weighted by Crippen LogP contribution is 2.36. The van der Waals surface area contributed by atoms with Crippen molar-refractivity contribution in [2.45, 2.75) is 51.7 Å². The first kappa shape index (κ1) is 13.9. The summed E-state index contributed by atoms with van der Waals surface area (Å²) in [4.78, 5) is 2.43. The number of nitrogens with zero attached hydrogens (tertiary/aromatic N) is 1. The summed E-state index contributed by atoms with van der Waals surface area (Å²) in [6, 6.07) is 4.27. The molecule has 0 amide bonds. The van der Waals surface area contributed by atoms with E-state index in [9.17, 15) is 5.11 Å². The summed E-state index contributed by atoms with van der Waals surface area (Å²) in [5, 5.41) is 10.8. The molecule has 3 nitrogen and oxygen atoms in total. The van der Waals surface area contributed by atoms with Gasteiger partial charge in [-0.05, 0) is 63.0 Å². The molecule has 0 bridgehead atoms. The van der Waals surface area contributed by atoms with Crippen molar-refractivity contribution >= 4 is 0 Å². The van der Waals surface area contributed by atoms with E-state index in [1.165, 1.54) is 36.8 Å². The number of aliphatic hydroxyl groups is 1. The van der Waals surface area contributed by atoms with Crippen LogP contribution in [-0.4, -0.2) is 35.7 Å². The van der Waals surface area contributed by atoms with E-state index in [-0.39, 0.29) is 6.04 Å². The van der Waals surface area contributed by atoms with E-state index < -0.39 is 6.10 Å². The van der Waals surface area contributed by atoms with Crippen molar-refractivity contribution in [1.29, 1.82) is 0 Å². The van der Waals surface area contributed by atoms with Crippen LogP contribution >= 0.6 is 0 Å². The lowest BCUT2D eigenvalue weighted by atomic mass is 9.94. The zero-order valence-corrected chi connectivity index (χ0v) is 12.6. The molecule has 1 aromatic carbocycles. The van der Waals surface area contributed by atoms with Crippen LogP contribution in [0.3, 0.4) is 0 Å². The van der Waals surface area contributed by atoms with Gasteiger partial charge in [-0.15, -0.1) is 0 Å². The fourth-order valence-electron chi connectivity index (χ4n) is 3.37. The third kappa shape index (κ3) is 2.57. The van der Waals surface area contributed by atoms with Crippen LogP contribution in [0.2, 0.25) is 0 Å². The van der Waals surface area contributed by atoms with Crippen molar-refractivity contribution < 1.29 is 9.84 Å². The Kier molecular flexibility index (Phi) is 3.99. The number of aliphatic hydroxyl groups excluding tert-OH is 1. The minimum absolute atomic E-state index is 0.114. The Hall–Kier alpha value is -1.06. The van der Waals surface area contributed by atoms with Gasteiger partial charge in [0.05, 0.1) is 6.04 Å². The molecule has 1 N–H and O–H groups in total. The maximum atomic E-state index is 10.8. The Balaban J connectivity index is 1.84. The molecule has 3 heteroatoms. The van der Waals surface area contributed by atoms with Crippen LogP contribution in [0.25, 0.3) is 0 Å². The van der Waals surface area contributed by atoms with Gasteiger partial charge in [0.1, 0.15) is 18.5 Å². The molecule has 2 aliphatic heterocycles. The van der Waals surface area contributed by atoms with Crippen molar-refractivity contribution in [3.63, 3.8) is 0 Å². The number of hydrogen-bond donors (Lipinski definition) is 1. The van der Waals surface area contributed by atoms with Gasteiger partial charge in [0.25, 0.3) is 0 Å². The summed E-state index contributed by atoms with van der Waals surface area (Å²) in [6.07, 6.45) is 4.69. The Morgan fingerprint density at radius 3 is 2.40 bits per heavy atom. The molecular weight excluding hydrogens is 250 g/mol. The van der Waals surface area contributed by atoms with Gasteiger partial charge in [-0.1, -0.05) is 12.8 Å². The largest absolute Gasteiger partial charge is 0.491 e. The number of likely N-dealkylation sites (tertiary alicyclic amines) is 1. The number of aryl methyl sites for hydroxylation is 2. The van der Waals surface area contributed by atoms with Crippen molar-refractivity contribution in [1.82, 2.24) is 4.90 Å². The van der Waals surface area contributed by atoms with E-state index >= 15 is 0 Å². The maximum absolute atomic E-state index is 10.8. The quantitative estimate of drug-likeness (QED) is 0.855. The Morgan fingerprint density at radius 2 is 1.70 bits per heavy atom. The zero-order valence-electron chi connectivity index (χ0n) is 12.6. The molecule has 1 aromatic rings. The van der Waals surface area contributed by atoms with Crippen LogP contribution in [0.5, 0.6) is 5.75 Å². The van der Waals surface area contributed by atoms with E-state index in [2.05, 4.69) is 30.9 Å². The van der Waals surface area contributed by atoms with Crippen LogP contribution in [0, 0.1) is 13.8 Å². The predicted molar refractivity (Wildman–Crippen MR) is 80.2 cm³/mol. The van der Waals surface area contributed by atoms with Crippen molar-refractivity contribution in [3.8, 4) is 5.75 Å². The minimum atomic E-state index is -0.420. The van der Waals surface area contributed by atoms with Gasteiger partial charge < -0.3 is 9.84 Å². The standard InChI is InChI=1S/C17H25NO2/c1-12-9-14-16(10-13(12)2)20-11-15(17(14)19)18-7-5-3-4-6-8-18/h9-10,15,17,19H,3-8,11H2,1-2H3. The normalized spacial score (nSPS) is 27.6. The van der Waals surface area contributed by atoms with Gasteiger partial charge in [0, 0.05) is 5.56 Å². The van der Waals surface area contributed by atoms with E-state index in [0.717, 1.165) is 24.4 Å². The molecule has 110 valence electrons. The highest BCUT2D eigenvalue weighted by atomic mass is 16.5. The zero-order chi connectivity index (χ0) is 14.1. The van der Waals surface area contributed by atoms with Gasteiger partial charge in [-0.3, -0.25) is 4.90 Å². The Morgan fingerprint density at radius 1 is 1.05 bits per heavy atom. The molecule has 2 atom stereocenters. The molecule has 0 saturated carbocycles. The van der Waals surface area contributed by atoms with E-state index in [0.29, 0.717) is 6.61 Å². The maximum Gasteiger partial charge on any atom is 0.125 e. The lowest BCUT2D eigenvalue weighted by molar-refractivity contribution is 0.00476. The first-order chi connectivity index (χ1) is 9.66. The lowest BCUT2D eigenvalue weighted by Crippen LogP contribution is -2.46. The molecule has 2 heterocycles. The molecule has 1 saturated heterocycles. The number of fused-ring (bicyclic) bond motifs is 1. The number of hydrogen-bond acceptors (Lipinski definition) is 3. The highest BCUT2D eigenvalue weighted by molar-refractivity contribution is 5.44. The fraction of sp³-hybridized carbons (Fsp3) is 0.647. The summed E-state index contributed by atoms with van der Waals surface area (Å²) in [5.41, 5.74) is 3.42. The molecule has 3 rings (SSSR count). The van der Waals surface area contributed by atoms with Crippen LogP contribution in [0.4, 0.5) is 0 Å². The predicted octanol–water partition coefficient (Wildman–Crippen LogP) is 2.97. The lowest BCUT2D eigenvalue weighted by Gasteiger charge is -2.38. The first-order valence-electron chi connectivity index (χ1n) is 7.83. The van der Waals surface area contributed by atoms with Gasteiger partial charge >= 0.3 is 0 Å². The van der Waals surface area contributed by atoms with E-state index in [1.807, 2.05) is 0 Å². The summed E-state index contributed by atoms with van der Waals surface area (Å²) in [5.74, 6) is 0.867. The van der Waals surface area contributed by atoms with Gasteiger partial charge in [-0.2, -0.15) is 0 Å². The average molecular weight is 275 g/mol. The van der Waals surface area contributed by atoms with Crippen molar-refractivity contribution in [2.24, 2.45) is 0 Å². The number of benzene rings is 1. The van der Waals surface area contributed by atoms with E-state index in [1.54, 1.807) is 0 Å². The van der Waals surface area contributed by atoms with Gasteiger partial charge in [0.2, 0.25) is 0 Å². The molecule has 2 unspecified atom stereocenters. The number of rotatable bonds is 1. The van der Waals surface area contributed by atoms with Crippen LogP contribution < -0.4 is 4.74 Å². The molecule has 0 radical (unpaired) electrons. The average Bonchev–Trinajstić information content (AvgIpc) is 2.70. The van der Waals surface area contributed by atoms with E-state index in [4.69, 9.17) is 4.74 Å². The SMILES string of the molecule is Cc1cc2c(cc1C)C(O)C(N1CCCCCC1)CO2. The van der Waals surface area contributed by atoms with Crippen LogP contribution in [0.1, 0.15) is 48.5 Å². The monoisotopic (exact) mass is 275 g/mol. The van der Waals surface area contributed by atoms with Gasteiger partial charge in [0.15, 0.2) is 0 Å². The molecule has 0 aliphatic carbocycles. The smallest absolute Gasteiger partial charge is 0.125 e. The van der Waals surface area contributed by atoms with Crippen molar-refractivity contribution in [3.05, 3.63) is 28.8 Å². The molecule has 1 fully saturated rings. The minimum Gasteiger partial charge on any atom is -0.491 e.